The summed E-state index contributed by atoms with van der Waals surface area (Å²) >= 11 is 0. The van der Waals surface area contributed by atoms with Crippen LogP contribution < -0.4 is 4.90 Å². The van der Waals surface area contributed by atoms with Crippen LogP contribution in [0.2, 0.25) is 0 Å². The predicted molar refractivity (Wildman–Crippen MR) is 129 cm³/mol. The molecular formula is C28H27F3N2O2. The van der Waals surface area contributed by atoms with Crippen LogP contribution in [0.5, 0.6) is 0 Å². The highest BCUT2D eigenvalue weighted by Crippen LogP contribution is 2.30. The Bertz CT molecular complexity index is 1180. The Hall–Kier alpha value is -3.61. The molecule has 3 aromatic carbocycles. The fraction of sp³-hybridized carbons (Fsp3) is 0.286. The maximum Gasteiger partial charge on any atom is 0.416 e. The number of alkyl halides is 3. The minimum Gasteiger partial charge on any atom is -0.342 e. The summed E-state index contributed by atoms with van der Waals surface area (Å²) in [6.45, 7) is 3.54. The number of hydrogen-bond donors (Lipinski definition) is 0. The van der Waals surface area contributed by atoms with E-state index in [2.05, 4.69) is 0 Å². The van der Waals surface area contributed by atoms with E-state index >= 15 is 0 Å². The number of carbonyl (C=O) groups excluding carboxylic acids is 2. The smallest absolute Gasteiger partial charge is 0.342 e. The van der Waals surface area contributed by atoms with Gasteiger partial charge in [0.05, 0.1) is 18.5 Å². The van der Waals surface area contributed by atoms with E-state index in [4.69, 9.17) is 0 Å². The van der Waals surface area contributed by atoms with Gasteiger partial charge in [-0.3, -0.25) is 9.59 Å². The average Bonchev–Trinajstić information content (AvgIpc) is 3.38. The number of carbonyl (C=O) groups is 2. The van der Waals surface area contributed by atoms with Crippen LogP contribution in [-0.2, 0) is 23.9 Å². The third-order valence-electron chi connectivity index (χ3n) is 6.30. The quantitative estimate of drug-likeness (QED) is 0.433. The summed E-state index contributed by atoms with van der Waals surface area (Å²) in [5, 5.41) is 0. The van der Waals surface area contributed by atoms with E-state index in [1.54, 1.807) is 29.2 Å². The van der Waals surface area contributed by atoms with Crippen molar-refractivity contribution in [2.75, 3.05) is 18.0 Å². The van der Waals surface area contributed by atoms with E-state index in [9.17, 15) is 22.8 Å². The molecule has 0 spiro atoms. The molecule has 0 aliphatic carbocycles. The zero-order chi connectivity index (χ0) is 25.0. The average molecular weight is 481 g/mol. The van der Waals surface area contributed by atoms with E-state index in [0.717, 1.165) is 49.2 Å². The number of anilines is 1. The fourth-order valence-corrected chi connectivity index (χ4v) is 4.27. The molecule has 3 aromatic rings. The van der Waals surface area contributed by atoms with Gasteiger partial charge in [0.1, 0.15) is 0 Å². The Morgan fingerprint density at radius 1 is 0.857 bits per heavy atom. The highest BCUT2D eigenvalue weighted by molar-refractivity contribution is 6.07. The molecule has 35 heavy (non-hydrogen) atoms. The summed E-state index contributed by atoms with van der Waals surface area (Å²) in [7, 11) is 0. The van der Waals surface area contributed by atoms with Crippen LogP contribution in [0.1, 0.15) is 45.5 Å². The van der Waals surface area contributed by atoms with E-state index in [-0.39, 0.29) is 18.4 Å². The van der Waals surface area contributed by atoms with E-state index in [1.807, 2.05) is 36.1 Å². The zero-order valence-electron chi connectivity index (χ0n) is 19.5. The van der Waals surface area contributed by atoms with Gasteiger partial charge < -0.3 is 9.80 Å². The van der Waals surface area contributed by atoms with Crippen LogP contribution in [0.3, 0.4) is 0 Å². The second-order valence-electron chi connectivity index (χ2n) is 8.83. The van der Waals surface area contributed by atoms with E-state index in [0.29, 0.717) is 23.2 Å². The van der Waals surface area contributed by atoms with Crippen molar-refractivity contribution in [3.63, 3.8) is 0 Å². The summed E-state index contributed by atoms with van der Waals surface area (Å²) in [5.74, 6) is -0.156. The molecule has 0 unspecified atom stereocenters. The Kier molecular flexibility index (Phi) is 7.24. The Morgan fingerprint density at radius 3 is 2.06 bits per heavy atom. The lowest BCUT2D eigenvalue weighted by molar-refractivity contribution is -0.137. The van der Waals surface area contributed by atoms with Crippen molar-refractivity contribution >= 4 is 17.5 Å². The molecule has 1 fully saturated rings. The zero-order valence-corrected chi connectivity index (χ0v) is 19.5. The molecule has 1 saturated heterocycles. The van der Waals surface area contributed by atoms with Crippen molar-refractivity contribution in [1.82, 2.24) is 4.90 Å². The van der Waals surface area contributed by atoms with Gasteiger partial charge in [0.15, 0.2) is 0 Å². The first-order chi connectivity index (χ1) is 16.7. The van der Waals surface area contributed by atoms with Crippen LogP contribution in [0.25, 0.3) is 0 Å². The monoisotopic (exact) mass is 480 g/mol. The Morgan fingerprint density at radius 2 is 1.46 bits per heavy atom. The largest absolute Gasteiger partial charge is 0.416 e. The molecule has 0 radical (unpaired) electrons. The standard InChI is InChI=1S/C28H27F3N2O2/c1-20-6-2-3-7-25(20)27(35)33(19-22-8-12-23(13-9-22)28(29,30)31)24-14-10-21(11-15-24)18-26(34)32-16-4-5-17-32/h2-3,6-15H,4-5,16-19H2,1H3. The van der Waals surface area contributed by atoms with Crippen molar-refractivity contribution < 1.29 is 22.8 Å². The van der Waals surface area contributed by atoms with Gasteiger partial charge in [-0.2, -0.15) is 13.2 Å². The van der Waals surface area contributed by atoms with Crippen molar-refractivity contribution in [2.45, 2.75) is 38.9 Å². The molecular weight excluding hydrogens is 453 g/mol. The number of nitrogens with zero attached hydrogens (tertiary/aromatic N) is 2. The van der Waals surface area contributed by atoms with Crippen LogP contribution in [0, 0.1) is 6.92 Å². The SMILES string of the molecule is Cc1ccccc1C(=O)N(Cc1ccc(C(F)(F)F)cc1)c1ccc(CC(=O)N2CCCC2)cc1. The third kappa shape index (κ3) is 5.91. The first kappa shape index (κ1) is 24.5. The van der Waals surface area contributed by atoms with Gasteiger partial charge in [0, 0.05) is 24.3 Å². The third-order valence-corrected chi connectivity index (χ3v) is 6.30. The number of rotatable bonds is 6. The minimum absolute atomic E-state index is 0.0906. The number of benzene rings is 3. The van der Waals surface area contributed by atoms with Crippen molar-refractivity contribution in [2.24, 2.45) is 0 Å². The van der Waals surface area contributed by atoms with Gasteiger partial charge in [0.25, 0.3) is 5.91 Å². The Balaban J connectivity index is 1.59. The number of aryl methyl sites for hydroxylation is 1. The normalized spacial score (nSPS) is 13.7. The van der Waals surface area contributed by atoms with Gasteiger partial charge in [0.2, 0.25) is 5.91 Å². The molecule has 0 atom stereocenters. The number of likely N-dealkylation sites (tertiary alicyclic amines) is 1. The molecule has 0 aromatic heterocycles. The number of hydrogen-bond acceptors (Lipinski definition) is 2. The summed E-state index contributed by atoms with van der Waals surface area (Å²) in [6.07, 6.45) is -2.06. The van der Waals surface area contributed by atoms with Gasteiger partial charge in [-0.05, 0) is 66.8 Å². The molecule has 4 nitrogen and oxygen atoms in total. The van der Waals surface area contributed by atoms with E-state index in [1.165, 1.54) is 12.1 Å². The summed E-state index contributed by atoms with van der Waals surface area (Å²) < 4.78 is 38.9. The molecule has 7 heteroatoms. The van der Waals surface area contributed by atoms with Crippen LogP contribution in [-0.4, -0.2) is 29.8 Å². The second kappa shape index (κ2) is 10.3. The first-order valence-electron chi connectivity index (χ1n) is 11.6. The lowest BCUT2D eigenvalue weighted by Gasteiger charge is -2.24. The van der Waals surface area contributed by atoms with Gasteiger partial charge in [-0.15, -0.1) is 0 Å². The topological polar surface area (TPSA) is 40.6 Å². The number of amides is 2. The first-order valence-corrected chi connectivity index (χ1v) is 11.6. The van der Waals surface area contributed by atoms with Gasteiger partial charge in [-0.1, -0.05) is 42.5 Å². The van der Waals surface area contributed by atoms with Gasteiger partial charge >= 0.3 is 6.18 Å². The fourth-order valence-electron chi connectivity index (χ4n) is 4.27. The van der Waals surface area contributed by atoms with Crippen molar-refractivity contribution in [1.29, 1.82) is 0 Å². The minimum atomic E-state index is -4.42. The maximum atomic E-state index is 13.5. The molecule has 2 amide bonds. The maximum absolute atomic E-state index is 13.5. The van der Waals surface area contributed by atoms with Crippen molar-refractivity contribution in [3.8, 4) is 0 Å². The second-order valence-corrected chi connectivity index (χ2v) is 8.83. The lowest BCUT2D eigenvalue weighted by Crippen LogP contribution is -2.31. The lowest BCUT2D eigenvalue weighted by atomic mass is 10.0. The van der Waals surface area contributed by atoms with Crippen LogP contribution >= 0.6 is 0 Å². The molecule has 0 N–H and O–H groups in total. The number of halogens is 3. The van der Waals surface area contributed by atoms with Gasteiger partial charge in [-0.25, -0.2) is 0 Å². The van der Waals surface area contributed by atoms with Crippen LogP contribution in [0.4, 0.5) is 18.9 Å². The molecule has 1 heterocycles. The molecule has 1 aliphatic rings. The highest BCUT2D eigenvalue weighted by atomic mass is 19.4. The highest BCUT2D eigenvalue weighted by Gasteiger charge is 2.30. The summed E-state index contributed by atoms with van der Waals surface area (Å²) in [5.41, 5.74) is 2.63. The molecule has 182 valence electrons. The molecule has 4 rings (SSSR count). The molecule has 0 bridgehead atoms. The summed E-state index contributed by atoms with van der Waals surface area (Å²) in [4.78, 5) is 29.4. The Labute approximate surface area is 203 Å². The van der Waals surface area contributed by atoms with Crippen molar-refractivity contribution in [3.05, 3.63) is 101 Å². The molecule has 0 saturated carbocycles. The predicted octanol–water partition coefficient (Wildman–Crippen LogP) is 6.03. The van der Waals surface area contributed by atoms with Crippen LogP contribution in [0.15, 0.2) is 72.8 Å². The van der Waals surface area contributed by atoms with E-state index < -0.39 is 11.7 Å². The molecule has 1 aliphatic heterocycles. The summed E-state index contributed by atoms with van der Waals surface area (Å²) in [6, 6.07) is 19.3.